The molecule has 2 aromatic heterocycles. The Morgan fingerprint density at radius 3 is 2.87 bits per heavy atom. The van der Waals surface area contributed by atoms with Crippen LogP contribution in [0.2, 0.25) is 5.15 Å². The first-order valence-corrected chi connectivity index (χ1v) is 4.36. The molecule has 0 bridgehead atoms. The summed E-state index contributed by atoms with van der Waals surface area (Å²) in [7, 11) is 0. The van der Waals surface area contributed by atoms with Gasteiger partial charge in [0.15, 0.2) is 5.82 Å². The number of hydrogen-bond acceptors (Lipinski definition) is 4. The van der Waals surface area contributed by atoms with Crippen molar-refractivity contribution in [3.63, 3.8) is 0 Å². The standard InChI is InChI=1S/C8H5ClN4O2/c9-7-4-6(13(14)15)5-8(11-7)12-3-1-2-10-12/h1-5H. The van der Waals surface area contributed by atoms with Gasteiger partial charge in [-0.2, -0.15) is 5.10 Å². The summed E-state index contributed by atoms with van der Waals surface area (Å²) in [6.07, 6.45) is 3.18. The topological polar surface area (TPSA) is 73.8 Å². The van der Waals surface area contributed by atoms with E-state index in [2.05, 4.69) is 10.1 Å². The second-order valence-electron chi connectivity index (χ2n) is 2.71. The second-order valence-corrected chi connectivity index (χ2v) is 3.10. The monoisotopic (exact) mass is 224 g/mol. The van der Waals surface area contributed by atoms with Gasteiger partial charge >= 0.3 is 0 Å². The van der Waals surface area contributed by atoms with Crippen molar-refractivity contribution in [3.05, 3.63) is 45.9 Å². The number of rotatable bonds is 2. The molecule has 0 unspecified atom stereocenters. The van der Waals surface area contributed by atoms with E-state index < -0.39 is 4.92 Å². The fraction of sp³-hybridized carbons (Fsp3) is 0. The van der Waals surface area contributed by atoms with Gasteiger partial charge in [-0.1, -0.05) is 11.6 Å². The van der Waals surface area contributed by atoms with Crippen molar-refractivity contribution >= 4 is 17.3 Å². The zero-order valence-electron chi connectivity index (χ0n) is 7.37. The number of hydrogen-bond donors (Lipinski definition) is 0. The molecule has 7 heteroatoms. The molecule has 0 radical (unpaired) electrons. The predicted molar refractivity (Wildman–Crippen MR) is 53.0 cm³/mol. The van der Waals surface area contributed by atoms with E-state index in [9.17, 15) is 10.1 Å². The van der Waals surface area contributed by atoms with Crippen LogP contribution in [0.3, 0.4) is 0 Å². The number of aromatic nitrogens is 3. The van der Waals surface area contributed by atoms with Crippen LogP contribution in [0.15, 0.2) is 30.6 Å². The summed E-state index contributed by atoms with van der Waals surface area (Å²) in [5.74, 6) is 0.319. The molecule has 0 fully saturated rings. The highest BCUT2D eigenvalue weighted by Gasteiger charge is 2.11. The first-order chi connectivity index (χ1) is 7.16. The SMILES string of the molecule is O=[N+]([O-])c1cc(Cl)nc(-n2cccn2)c1. The lowest BCUT2D eigenvalue weighted by Crippen LogP contribution is -1.99. The lowest BCUT2D eigenvalue weighted by Gasteiger charge is -2.00. The van der Waals surface area contributed by atoms with Crippen molar-refractivity contribution in [2.45, 2.75) is 0 Å². The van der Waals surface area contributed by atoms with Crippen LogP contribution in [0.4, 0.5) is 5.69 Å². The van der Waals surface area contributed by atoms with E-state index in [1.165, 1.54) is 16.8 Å². The summed E-state index contributed by atoms with van der Waals surface area (Å²) >= 11 is 5.65. The highest BCUT2D eigenvalue weighted by molar-refractivity contribution is 6.29. The molecule has 0 amide bonds. The normalized spacial score (nSPS) is 10.2. The van der Waals surface area contributed by atoms with Crippen LogP contribution in [0, 0.1) is 10.1 Å². The van der Waals surface area contributed by atoms with E-state index in [1.54, 1.807) is 18.5 Å². The third-order valence-electron chi connectivity index (χ3n) is 1.72. The molecule has 2 aromatic rings. The molecular weight excluding hydrogens is 220 g/mol. The number of nitrogens with zero attached hydrogens (tertiary/aromatic N) is 4. The molecule has 2 heterocycles. The highest BCUT2D eigenvalue weighted by atomic mass is 35.5. The first kappa shape index (κ1) is 9.60. The summed E-state index contributed by atoms with van der Waals surface area (Å²) in [6, 6.07) is 4.18. The van der Waals surface area contributed by atoms with E-state index >= 15 is 0 Å². The zero-order chi connectivity index (χ0) is 10.8. The fourth-order valence-electron chi connectivity index (χ4n) is 1.10. The molecule has 0 spiro atoms. The highest BCUT2D eigenvalue weighted by Crippen LogP contribution is 2.19. The fourth-order valence-corrected chi connectivity index (χ4v) is 1.30. The van der Waals surface area contributed by atoms with Gasteiger partial charge in [0.1, 0.15) is 5.15 Å². The molecule has 2 rings (SSSR count). The van der Waals surface area contributed by atoms with E-state index in [4.69, 9.17) is 11.6 Å². The summed E-state index contributed by atoms with van der Waals surface area (Å²) in [5, 5.41) is 14.5. The predicted octanol–water partition coefficient (Wildman–Crippen LogP) is 1.83. The van der Waals surface area contributed by atoms with Gasteiger partial charge in [-0.15, -0.1) is 0 Å². The van der Waals surface area contributed by atoms with Crippen LogP contribution in [0.5, 0.6) is 0 Å². The van der Waals surface area contributed by atoms with E-state index in [1.807, 2.05) is 0 Å². The Kier molecular flexibility index (Phi) is 2.34. The Bertz CT molecular complexity index is 497. The lowest BCUT2D eigenvalue weighted by atomic mass is 10.4. The van der Waals surface area contributed by atoms with E-state index in [0.29, 0.717) is 5.82 Å². The van der Waals surface area contributed by atoms with Gasteiger partial charge in [-0.05, 0) is 6.07 Å². The maximum atomic E-state index is 10.6. The Morgan fingerprint density at radius 1 is 1.47 bits per heavy atom. The molecule has 6 nitrogen and oxygen atoms in total. The third-order valence-corrected chi connectivity index (χ3v) is 1.91. The van der Waals surface area contributed by atoms with Gasteiger partial charge in [0, 0.05) is 12.4 Å². The van der Waals surface area contributed by atoms with Gasteiger partial charge < -0.3 is 0 Å². The van der Waals surface area contributed by atoms with Gasteiger partial charge in [-0.3, -0.25) is 10.1 Å². The quantitative estimate of drug-likeness (QED) is 0.443. The van der Waals surface area contributed by atoms with E-state index in [-0.39, 0.29) is 10.8 Å². The molecule has 0 saturated carbocycles. The average molecular weight is 225 g/mol. The van der Waals surface area contributed by atoms with Crippen molar-refractivity contribution in [1.82, 2.24) is 14.8 Å². The summed E-state index contributed by atoms with van der Waals surface area (Å²) < 4.78 is 1.40. The average Bonchev–Trinajstić information content (AvgIpc) is 2.69. The molecule has 76 valence electrons. The summed E-state index contributed by atoms with van der Waals surface area (Å²) in [5.41, 5.74) is -0.111. The number of halogens is 1. The van der Waals surface area contributed by atoms with Crippen molar-refractivity contribution < 1.29 is 4.92 Å². The molecule has 0 aliphatic carbocycles. The van der Waals surface area contributed by atoms with Gasteiger partial charge in [0.25, 0.3) is 5.69 Å². The minimum atomic E-state index is -0.527. The van der Waals surface area contributed by atoms with Crippen molar-refractivity contribution in [2.75, 3.05) is 0 Å². The van der Waals surface area contributed by atoms with Crippen LogP contribution < -0.4 is 0 Å². The molecule has 0 aliphatic heterocycles. The molecular formula is C8H5ClN4O2. The van der Waals surface area contributed by atoms with Crippen molar-refractivity contribution in [1.29, 1.82) is 0 Å². The molecule has 15 heavy (non-hydrogen) atoms. The number of nitro groups is 1. The Balaban J connectivity index is 2.54. The third kappa shape index (κ3) is 1.94. The smallest absolute Gasteiger partial charge is 0.258 e. The van der Waals surface area contributed by atoms with Gasteiger partial charge in [0.2, 0.25) is 0 Å². The molecule has 0 saturated heterocycles. The minimum Gasteiger partial charge on any atom is -0.258 e. The Morgan fingerprint density at radius 2 is 2.27 bits per heavy atom. The first-order valence-electron chi connectivity index (χ1n) is 3.99. The van der Waals surface area contributed by atoms with Gasteiger partial charge in [0.05, 0.1) is 17.1 Å². The Labute approximate surface area is 89.3 Å². The van der Waals surface area contributed by atoms with Crippen LogP contribution in [-0.2, 0) is 0 Å². The minimum absolute atomic E-state index is 0.0645. The van der Waals surface area contributed by atoms with Crippen molar-refractivity contribution in [2.24, 2.45) is 0 Å². The molecule has 0 aliphatic rings. The van der Waals surface area contributed by atoms with Crippen LogP contribution in [0.1, 0.15) is 0 Å². The van der Waals surface area contributed by atoms with Crippen LogP contribution in [0.25, 0.3) is 5.82 Å². The maximum absolute atomic E-state index is 10.6. The van der Waals surface area contributed by atoms with Gasteiger partial charge in [-0.25, -0.2) is 9.67 Å². The Hall–Kier alpha value is -1.95. The molecule has 0 N–H and O–H groups in total. The molecule has 0 atom stereocenters. The second kappa shape index (κ2) is 3.66. The molecule has 0 aromatic carbocycles. The zero-order valence-corrected chi connectivity index (χ0v) is 8.13. The van der Waals surface area contributed by atoms with Crippen LogP contribution in [-0.4, -0.2) is 19.7 Å². The summed E-state index contributed by atoms with van der Waals surface area (Å²) in [6.45, 7) is 0. The van der Waals surface area contributed by atoms with Crippen molar-refractivity contribution in [3.8, 4) is 5.82 Å². The van der Waals surface area contributed by atoms with Crippen LogP contribution >= 0.6 is 11.6 Å². The maximum Gasteiger partial charge on any atom is 0.276 e. The largest absolute Gasteiger partial charge is 0.276 e. The van der Waals surface area contributed by atoms with E-state index in [0.717, 1.165) is 0 Å². The number of pyridine rings is 1. The summed E-state index contributed by atoms with van der Waals surface area (Å²) in [4.78, 5) is 14.0. The lowest BCUT2D eigenvalue weighted by molar-refractivity contribution is -0.384.